The van der Waals surface area contributed by atoms with Crippen molar-refractivity contribution in [2.75, 3.05) is 33.9 Å². The zero-order chi connectivity index (χ0) is 13.1. The van der Waals surface area contributed by atoms with Gasteiger partial charge >= 0.3 is 0 Å². The van der Waals surface area contributed by atoms with Crippen molar-refractivity contribution in [2.24, 2.45) is 5.73 Å². The Balaban J connectivity index is 2.40. The highest BCUT2D eigenvalue weighted by atomic mass is 79.9. The third-order valence-corrected chi connectivity index (χ3v) is 3.84. The van der Waals surface area contributed by atoms with Crippen LogP contribution in [0.5, 0.6) is 5.75 Å². The van der Waals surface area contributed by atoms with Crippen LogP contribution in [0.4, 0.5) is 0 Å². The molecule has 2 rings (SSSR count). The second-order valence-electron chi connectivity index (χ2n) is 4.46. The molecule has 1 aromatic rings. The van der Waals surface area contributed by atoms with Crippen LogP contribution in [0.25, 0.3) is 0 Å². The molecule has 1 saturated heterocycles. The molecule has 1 aromatic carbocycles. The number of ether oxygens (including phenoxy) is 2. The van der Waals surface area contributed by atoms with Gasteiger partial charge in [-0.05, 0) is 25.2 Å². The van der Waals surface area contributed by atoms with Gasteiger partial charge in [-0.2, -0.15) is 0 Å². The van der Waals surface area contributed by atoms with Crippen LogP contribution in [0, 0.1) is 0 Å². The minimum absolute atomic E-state index is 0.00644. The first-order chi connectivity index (χ1) is 8.67. The number of nitrogens with two attached hydrogens (primary N) is 1. The number of hydrogen-bond donors (Lipinski definition) is 1. The molecule has 0 amide bonds. The zero-order valence-corrected chi connectivity index (χ0v) is 12.3. The molecule has 100 valence electrons. The maximum Gasteiger partial charge on any atom is 0.123 e. The first-order valence-electron chi connectivity index (χ1n) is 6.02. The zero-order valence-electron chi connectivity index (χ0n) is 10.7. The van der Waals surface area contributed by atoms with Gasteiger partial charge in [0.05, 0.1) is 25.9 Å². The lowest BCUT2D eigenvalue weighted by Gasteiger charge is -2.39. The Labute approximate surface area is 116 Å². The minimum atomic E-state index is 0.00644. The summed E-state index contributed by atoms with van der Waals surface area (Å²) in [7, 11) is 3.78. The number of morpholine rings is 1. The molecule has 1 aliphatic heterocycles. The Kier molecular flexibility index (Phi) is 4.61. The van der Waals surface area contributed by atoms with Gasteiger partial charge < -0.3 is 15.2 Å². The van der Waals surface area contributed by atoms with E-state index < -0.39 is 0 Å². The highest BCUT2D eigenvalue weighted by Crippen LogP contribution is 2.35. The average molecular weight is 315 g/mol. The first-order valence-corrected chi connectivity index (χ1v) is 6.82. The Morgan fingerprint density at radius 1 is 1.56 bits per heavy atom. The van der Waals surface area contributed by atoms with E-state index in [-0.39, 0.29) is 12.1 Å². The van der Waals surface area contributed by atoms with E-state index in [4.69, 9.17) is 15.2 Å². The van der Waals surface area contributed by atoms with Crippen molar-refractivity contribution in [1.29, 1.82) is 0 Å². The second kappa shape index (κ2) is 6.02. The highest BCUT2D eigenvalue weighted by Gasteiger charge is 2.32. The SMILES string of the molecule is COc1ccc(Br)cc1C1C(CN)OCCN1C. The van der Waals surface area contributed by atoms with E-state index >= 15 is 0 Å². The molecular weight excluding hydrogens is 296 g/mol. The normalized spacial score (nSPS) is 25.1. The third kappa shape index (κ3) is 2.69. The molecule has 1 aliphatic rings. The van der Waals surface area contributed by atoms with Crippen molar-refractivity contribution < 1.29 is 9.47 Å². The smallest absolute Gasteiger partial charge is 0.123 e. The summed E-state index contributed by atoms with van der Waals surface area (Å²) in [5.74, 6) is 0.874. The van der Waals surface area contributed by atoms with Gasteiger partial charge in [-0.15, -0.1) is 0 Å². The molecule has 2 atom stereocenters. The van der Waals surface area contributed by atoms with E-state index in [2.05, 4.69) is 33.9 Å². The molecule has 2 unspecified atom stereocenters. The fourth-order valence-corrected chi connectivity index (χ4v) is 2.81. The second-order valence-corrected chi connectivity index (χ2v) is 5.37. The van der Waals surface area contributed by atoms with Crippen LogP contribution in [0.15, 0.2) is 22.7 Å². The molecule has 1 fully saturated rings. The predicted octanol–water partition coefficient (Wildman–Crippen LogP) is 1.79. The maximum atomic E-state index is 5.82. The third-order valence-electron chi connectivity index (χ3n) is 3.35. The Morgan fingerprint density at radius 3 is 3.00 bits per heavy atom. The fourth-order valence-electron chi connectivity index (χ4n) is 2.43. The van der Waals surface area contributed by atoms with Gasteiger partial charge in [-0.1, -0.05) is 15.9 Å². The molecule has 1 heterocycles. The summed E-state index contributed by atoms with van der Waals surface area (Å²) < 4.78 is 12.3. The van der Waals surface area contributed by atoms with Crippen LogP contribution in [0.3, 0.4) is 0 Å². The summed E-state index contributed by atoms with van der Waals surface area (Å²) >= 11 is 3.51. The lowest BCUT2D eigenvalue weighted by atomic mass is 9.97. The van der Waals surface area contributed by atoms with Gasteiger partial charge in [-0.3, -0.25) is 4.90 Å². The van der Waals surface area contributed by atoms with E-state index in [1.165, 1.54) is 0 Å². The van der Waals surface area contributed by atoms with Crippen LogP contribution in [-0.4, -0.2) is 44.9 Å². The number of methoxy groups -OCH3 is 1. The minimum Gasteiger partial charge on any atom is -0.496 e. The molecule has 4 nitrogen and oxygen atoms in total. The van der Waals surface area contributed by atoms with Gasteiger partial charge in [0.15, 0.2) is 0 Å². The predicted molar refractivity (Wildman–Crippen MR) is 74.9 cm³/mol. The van der Waals surface area contributed by atoms with Crippen LogP contribution >= 0.6 is 15.9 Å². The Bertz CT molecular complexity index is 414. The van der Waals surface area contributed by atoms with E-state index in [0.717, 1.165) is 28.9 Å². The first kappa shape index (κ1) is 13.8. The Morgan fingerprint density at radius 2 is 2.33 bits per heavy atom. The van der Waals surface area contributed by atoms with E-state index in [1.54, 1.807) is 7.11 Å². The van der Waals surface area contributed by atoms with Crippen molar-refractivity contribution >= 4 is 15.9 Å². The van der Waals surface area contributed by atoms with Gasteiger partial charge in [-0.25, -0.2) is 0 Å². The van der Waals surface area contributed by atoms with E-state index in [0.29, 0.717) is 6.54 Å². The molecule has 0 saturated carbocycles. The number of nitrogens with zero attached hydrogens (tertiary/aromatic N) is 1. The topological polar surface area (TPSA) is 47.7 Å². The van der Waals surface area contributed by atoms with Gasteiger partial charge in [0, 0.05) is 23.1 Å². The molecular formula is C13H19BrN2O2. The lowest BCUT2D eigenvalue weighted by molar-refractivity contribution is -0.0582. The van der Waals surface area contributed by atoms with E-state index in [9.17, 15) is 0 Å². The molecule has 0 aromatic heterocycles. The summed E-state index contributed by atoms with van der Waals surface area (Å²) in [4.78, 5) is 2.27. The highest BCUT2D eigenvalue weighted by molar-refractivity contribution is 9.10. The van der Waals surface area contributed by atoms with Crippen molar-refractivity contribution in [3.63, 3.8) is 0 Å². The number of rotatable bonds is 3. The molecule has 0 radical (unpaired) electrons. The number of halogens is 1. The molecule has 5 heteroatoms. The summed E-state index contributed by atoms with van der Waals surface area (Å²) in [5.41, 5.74) is 6.93. The number of benzene rings is 1. The standard InChI is InChI=1S/C13H19BrN2O2/c1-16-5-6-18-12(8-15)13(16)10-7-9(14)3-4-11(10)17-2/h3-4,7,12-13H,5-6,8,15H2,1-2H3. The summed E-state index contributed by atoms with van der Waals surface area (Å²) in [5, 5.41) is 0. The summed E-state index contributed by atoms with van der Waals surface area (Å²) in [6, 6.07) is 6.16. The Hall–Kier alpha value is -0.620. The summed E-state index contributed by atoms with van der Waals surface area (Å²) in [6.45, 7) is 2.13. The molecule has 0 spiro atoms. The average Bonchev–Trinajstić information content (AvgIpc) is 2.38. The van der Waals surface area contributed by atoms with Gasteiger partial charge in [0.2, 0.25) is 0 Å². The van der Waals surface area contributed by atoms with Crippen LogP contribution in [0.1, 0.15) is 11.6 Å². The van der Waals surface area contributed by atoms with E-state index in [1.807, 2.05) is 12.1 Å². The van der Waals surface area contributed by atoms with Gasteiger partial charge in [0.25, 0.3) is 0 Å². The quantitative estimate of drug-likeness (QED) is 0.924. The summed E-state index contributed by atoms with van der Waals surface area (Å²) in [6.07, 6.45) is 0.00644. The van der Waals surface area contributed by atoms with Gasteiger partial charge in [0.1, 0.15) is 5.75 Å². The van der Waals surface area contributed by atoms with Crippen molar-refractivity contribution in [2.45, 2.75) is 12.1 Å². The van der Waals surface area contributed by atoms with Crippen LogP contribution < -0.4 is 10.5 Å². The number of hydrogen-bond acceptors (Lipinski definition) is 4. The monoisotopic (exact) mass is 314 g/mol. The van der Waals surface area contributed by atoms with Crippen molar-refractivity contribution in [3.8, 4) is 5.75 Å². The van der Waals surface area contributed by atoms with Crippen LogP contribution in [0.2, 0.25) is 0 Å². The molecule has 18 heavy (non-hydrogen) atoms. The fraction of sp³-hybridized carbons (Fsp3) is 0.538. The van der Waals surface area contributed by atoms with Crippen molar-refractivity contribution in [3.05, 3.63) is 28.2 Å². The molecule has 0 aliphatic carbocycles. The number of likely N-dealkylation sites (N-methyl/N-ethyl adjacent to an activating group) is 1. The molecule has 2 N–H and O–H groups in total. The lowest BCUT2D eigenvalue weighted by Crippen LogP contribution is -2.46. The molecule has 0 bridgehead atoms. The van der Waals surface area contributed by atoms with Crippen LogP contribution in [-0.2, 0) is 4.74 Å². The van der Waals surface area contributed by atoms with Crippen molar-refractivity contribution in [1.82, 2.24) is 4.90 Å². The maximum absolute atomic E-state index is 5.82. The largest absolute Gasteiger partial charge is 0.496 e.